The molecule has 2 aromatic rings. The number of unbranched alkanes of at least 4 members (excludes halogenated alkanes) is 1. The Bertz CT molecular complexity index is 733. The zero-order valence-corrected chi connectivity index (χ0v) is 16.4. The van der Waals surface area contributed by atoms with E-state index in [9.17, 15) is 9.90 Å². The van der Waals surface area contributed by atoms with E-state index in [-0.39, 0.29) is 6.61 Å². The van der Waals surface area contributed by atoms with Crippen molar-refractivity contribution in [3.05, 3.63) is 48.0 Å². The predicted molar refractivity (Wildman–Crippen MR) is 110 cm³/mol. The zero-order chi connectivity index (χ0) is 19.6. The van der Waals surface area contributed by atoms with E-state index in [1.807, 2.05) is 30.3 Å². The highest BCUT2D eigenvalue weighted by Crippen LogP contribution is 2.41. The molecule has 0 unspecified atom stereocenters. The van der Waals surface area contributed by atoms with Gasteiger partial charge in [0, 0.05) is 25.3 Å². The SMILES string of the molecule is CCCCN(CCCO)c1cc(C(N)=O)cc(SN)c1Oc1ccccc1. The number of aliphatic hydroxyl groups excluding tert-OH is 1. The van der Waals surface area contributed by atoms with Crippen LogP contribution in [0.5, 0.6) is 11.5 Å². The van der Waals surface area contributed by atoms with E-state index in [0.717, 1.165) is 37.0 Å². The van der Waals surface area contributed by atoms with Gasteiger partial charge in [-0.2, -0.15) is 0 Å². The number of hydrogen-bond acceptors (Lipinski definition) is 6. The Hall–Kier alpha value is -2.22. The molecule has 2 rings (SSSR count). The maximum atomic E-state index is 11.8. The number of ether oxygens (including phenoxy) is 1. The summed E-state index contributed by atoms with van der Waals surface area (Å²) in [6.45, 7) is 3.62. The Kier molecular flexibility index (Phi) is 8.44. The van der Waals surface area contributed by atoms with Crippen LogP contribution in [0.4, 0.5) is 5.69 Å². The van der Waals surface area contributed by atoms with Crippen LogP contribution >= 0.6 is 11.9 Å². The molecule has 0 atom stereocenters. The molecule has 0 radical (unpaired) electrons. The lowest BCUT2D eigenvalue weighted by molar-refractivity contribution is 0.1000. The molecule has 1 amide bonds. The normalized spacial score (nSPS) is 10.6. The first-order valence-corrected chi connectivity index (χ1v) is 9.92. The summed E-state index contributed by atoms with van der Waals surface area (Å²) in [5, 5.41) is 15.1. The van der Waals surface area contributed by atoms with Crippen LogP contribution in [0.2, 0.25) is 0 Å². The van der Waals surface area contributed by atoms with E-state index < -0.39 is 5.91 Å². The largest absolute Gasteiger partial charge is 0.454 e. The highest BCUT2D eigenvalue weighted by Gasteiger charge is 2.20. The fourth-order valence-electron chi connectivity index (χ4n) is 2.72. The number of nitrogens with two attached hydrogens (primary N) is 2. The summed E-state index contributed by atoms with van der Waals surface area (Å²) >= 11 is 1.02. The zero-order valence-electron chi connectivity index (χ0n) is 15.6. The Morgan fingerprint density at radius 1 is 1.19 bits per heavy atom. The second kappa shape index (κ2) is 10.8. The van der Waals surface area contributed by atoms with Crippen molar-refractivity contribution in [2.75, 3.05) is 24.6 Å². The molecule has 0 saturated heterocycles. The van der Waals surface area contributed by atoms with E-state index in [4.69, 9.17) is 15.6 Å². The van der Waals surface area contributed by atoms with Gasteiger partial charge in [-0.3, -0.25) is 9.93 Å². The first-order valence-electron chi connectivity index (χ1n) is 9.04. The lowest BCUT2D eigenvalue weighted by Crippen LogP contribution is -2.27. The van der Waals surface area contributed by atoms with Crippen LogP contribution in [0.15, 0.2) is 47.4 Å². The highest BCUT2D eigenvalue weighted by molar-refractivity contribution is 7.97. The molecule has 5 N–H and O–H groups in total. The van der Waals surface area contributed by atoms with Crippen molar-refractivity contribution in [1.29, 1.82) is 0 Å². The minimum Gasteiger partial charge on any atom is -0.454 e. The van der Waals surface area contributed by atoms with Gasteiger partial charge in [-0.1, -0.05) is 31.5 Å². The minimum atomic E-state index is -0.518. The number of rotatable bonds is 11. The monoisotopic (exact) mass is 389 g/mol. The number of nitrogens with zero attached hydrogens (tertiary/aromatic N) is 1. The molecule has 146 valence electrons. The molecule has 0 heterocycles. The summed E-state index contributed by atoms with van der Waals surface area (Å²) in [4.78, 5) is 14.6. The third kappa shape index (κ3) is 5.89. The lowest BCUT2D eigenvalue weighted by atomic mass is 10.1. The van der Waals surface area contributed by atoms with Gasteiger partial charge in [-0.05, 0) is 49.1 Å². The summed E-state index contributed by atoms with van der Waals surface area (Å²) in [5.41, 5.74) is 6.65. The standard InChI is InChI=1S/C20H27N3O3S/c1-2-3-10-23(11-7-12-24)17-13-15(20(21)25)14-18(27-22)19(17)26-16-8-5-4-6-9-16/h4-6,8-9,13-14,24H,2-3,7,10-12,22H2,1H3,(H2,21,25). The Labute approximate surface area is 164 Å². The van der Waals surface area contributed by atoms with Crippen LogP contribution in [0.3, 0.4) is 0 Å². The minimum absolute atomic E-state index is 0.0888. The van der Waals surface area contributed by atoms with Gasteiger partial charge in [0.05, 0.1) is 10.6 Å². The quantitative estimate of drug-likeness (QED) is 0.508. The molecule has 0 aliphatic heterocycles. The highest BCUT2D eigenvalue weighted by atomic mass is 32.2. The molecule has 0 bridgehead atoms. The van der Waals surface area contributed by atoms with Gasteiger partial charge < -0.3 is 20.5 Å². The molecule has 0 aliphatic rings. The van der Waals surface area contributed by atoms with E-state index in [0.29, 0.717) is 34.9 Å². The predicted octanol–water partition coefficient (Wildman–Crippen LogP) is 3.53. The molecule has 7 heteroatoms. The van der Waals surface area contributed by atoms with Crippen molar-refractivity contribution in [3.63, 3.8) is 0 Å². The van der Waals surface area contributed by atoms with E-state index in [1.54, 1.807) is 12.1 Å². The van der Waals surface area contributed by atoms with Crippen molar-refractivity contribution >= 4 is 23.5 Å². The second-order valence-corrected chi connectivity index (χ2v) is 6.81. The van der Waals surface area contributed by atoms with Gasteiger partial charge in [0.1, 0.15) is 5.75 Å². The third-order valence-electron chi connectivity index (χ3n) is 4.12. The van der Waals surface area contributed by atoms with Crippen molar-refractivity contribution in [2.24, 2.45) is 10.9 Å². The van der Waals surface area contributed by atoms with Gasteiger partial charge in [0.15, 0.2) is 5.75 Å². The van der Waals surface area contributed by atoms with Crippen LogP contribution < -0.4 is 20.5 Å². The number of benzene rings is 2. The van der Waals surface area contributed by atoms with Gasteiger partial charge in [0.2, 0.25) is 5.91 Å². The molecule has 0 aromatic heterocycles. The smallest absolute Gasteiger partial charge is 0.248 e. The molecule has 0 saturated carbocycles. The van der Waals surface area contributed by atoms with E-state index in [1.165, 1.54) is 0 Å². The fourth-order valence-corrected chi connectivity index (χ4v) is 3.17. The van der Waals surface area contributed by atoms with Crippen molar-refractivity contribution in [2.45, 2.75) is 31.1 Å². The van der Waals surface area contributed by atoms with Crippen LogP contribution in [-0.2, 0) is 0 Å². The average Bonchev–Trinajstić information content (AvgIpc) is 2.69. The van der Waals surface area contributed by atoms with Crippen molar-refractivity contribution in [1.82, 2.24) is 0 Å². The van der Waals surface area contributed by atoms with Crippen molar-refractivity contribution in [3.8, 4) is 11.5 Å². The average molecular weight is 390 g/mol. The van der Waals surface area contributed by atoms with Gasteiger partial charge in [0.25, 0.3) is 0 Å². The summed E-state index contributed by atoms with van der Waals surface area (Å²) in [7, 11) is 0. The molecule has 2 aromatic carbocycles. The molecular weight excluding hydrogens is 362 g/mol. The summed E-state index contributed by atoms with van der Waals surface area (Å²) < 4.78 is 6.15. The Balaban J connectivity index is 2.54. The summed E-state index contributed by atoms with van der Waals surface area (Å²) in [6.07, 6.45) is 2.61. The second-order valence-electron chi connectivity index (χ2n) is 6.14. The number of aliphatic hydroxyl groups is 1. The number of amides is 1. The van der Waals surface area contributed by atoms with E-state index >= 15 is 0 Å². The molecular formula is C20H27N3O3S. The molecule has 0 aliphatic carbocycles. The van der Waals surface area contributed by atoms with Crippen LogP contribution in [0.1, 0.15) is 36.5 Å². The Morgan fingerprint density at radius 3 is 2.48 bits per heavy atom. The fraction of sp³-hybridized carbons (Fsp3) is 0.350. The third-order valence-corrected chi connectivity index (χ3v) is 4.68. The first kappa shape index (κ1) is 21.1. The van der Waals surface area contributed by atoms with Crippen LogP contribution in [0, 0.1) is 0 Å². The summed E-state index contributed by atoms with van der Waals surface area (Å²) in [6, 6.07) is 12.8. The number of para-hydroxylation sites is 1. The maximum absolute atomic E-state index is 11.8. The number of carbonyl (C=O) groups is 1. The van der Waals surface area contributed by atoms with Gasteiger partial charge in [-0.15, -0.1) is 0 Å². The topological polar surface area (TPSA) is 102 Å². The molecule has 0 spiro atoms. The molecule has 6 nitrogen and oxygen atoms in total. The molecule has 27 heavy (non-hydrogen) atoms. The maximum Gasteiger partial charge on any atom is 0.248 e. The number of anilines is 1. The van der Waals surface area contributed by atoms with Gasteiger partial charge in [-0.25, -0.2) is 0 Å². The van der Waals surface area contributed by atoms with Gasteiger partial charge >= 0.3 is 0 Å². The summed E-state index contributed by atoms with van der Waals surface area (Å²) in [5.74, 6) is 0.752. The van der Waals surface area contributed by atoms with Crippen molar-refractivity contribution < 1.29 is 14.6 Å². The molecule has 0 fully saturated rings. The number of carbonyl (C=O) groups excluding carboxylic acids is 1. The van der Waals surface area contributed by atoms with Crippen LogP contribution in [0.25, 0.3) is 0 Å². The number of primary amides is 1. The number of hydrogen-bond donors (Lipinski definition) is 3. The van der Waals surface area contributed by atoms with E-state index in [2.05, 4.69) is 11.8 Å². The van der Waals surface area contributed by atoms with Crippen LogP contribution in [-0.4, -0.2) is 30.7 Å². The lowest BCUT2D eigenvalue weighted by Gasteiger charge is -2.28. The first-order chi connectivity index (χ1) is 13.1. The Morgan fingerprint density at radius 2 is 1.89 bits per heavy atom.